The molecule has 2 aromatic heterocycles. The van der Waals surface area contributed by atoms with Crippen molar-refractivity contribution >= 4 is 5.97 Å². The zero-order valence-corrected chi connectivity index (χ0v) is 15.0. The van der Waals surface area contributed by atoms with Crippen LogP contribution >= 0.6 is 0 Å². The summed E-state index contributed by atoms with van der Waals surface area (Å²) in [7, 11) is 0. The van der Waals surface area contributed by atoms with Crippen LogP contribution in [0.3, 0.4) is 0 Å². The molecule has 0 unspecified atom stereocenters. The van der Waals surface area contributed by atoms with Gasteiger partial charge in [-0.1, -0.05) is 11.2 Å². The minimum atomic E-state index is -0.958. The van der Waals surface area contributed by atoms with E-state index in [9.17, 15) is 9.18 Å². The number of nitrogens with zero attached hydrogens (tertiary/aromatic N) is 2. The number of carboxylic acid groups (broad SMARTS) is 1. The number of aryl methyl sites for hydroxylation is 3. The van der Waals surface area contributed by atoms with Crippen LogP contribution in [0.4, 0.5) is 4.39 Å². The number of hydrogen-bond donors (Lipinski definition) is 1. The van der Waals surface area contributed by atoms with Gasteiger partial charge in [-0.15, -0.1) is 0 Å². The van der Waals surface area contributed by atoms with E-state index in [-0.39, 0.29) is 19.4 Å². The van der Waals surface area contributed by atoms with Crippen molar-refractivity contribution in [2.45, 2.75) is 33.3 Å². The summed E-state index contributed by atoms with van der Waals surface area (Å²) in [5, 5.41) is 12.6. The van der Waals surface area contributed by atoms with Gasteiger partial charge in [0.2, 0.25) is 0 Å². The molecule has 140 valence electrons. The molecule has 3 rings (SSSR count). The van der Waals surface area contributed by atoms with Gasteiger partial charge in [-0.05, 0) is 38.0 Å². The summed E-state index contributed by atoms with van der Waals surface area (Å²) in [5.74, 6) is -0.350. The van der Waals surface area contributed by atoms with Gasteiger partial charge in [0.25, 0.3) is 0 Å². The van der Waals surface area contributed by atoms with Crippen molar-refractivity contribution in [1.29, 1.82) is 0 Å². The predicted molar refractivity (Wildman–Crippen MR) is 95.9 cm³/mol. The number of pyridine rings is 1. The Morgan fingerprint density at radius 2 is 2.07 bits per heavy atom. The number of halogens is 1. The maximum atomic E-state index is 14.1. The molecule has 0 fully saturated rings. The van der Waals surface area contributed by atoms with Crippen LogP contribution < -0.4 is 4.74 Å². The molecule has 0 bridgehead atoms. The SMILES string of the molecule is Cc1noc(C)c1-c1cncc(COc2ccc(CCC(=O)O)c(F)c2)c1. The van der Waals surface area contributed by atoms with E-state index in [2.05, 4.69) is 10.1 Å². The number of carbonyl (C=O) groups is 1. The zero-order valence-electron chi connectivity index (χ0n) is 15.0. The van der Waals surface area contributed by atoms with Crippen LogP contribution in [0.25, 0.3) is 11.1 Å². The van der Waals surface area contributed by atoms with Crippen molar-refractivity contribution in [2.24, 2.45) is 0 Å². The summed E-state index contributed by atoms with van der Waals surface area (Å²) in [6, 6.07) is 6.37. The standard InChI is InChI=1S/C20H19FN2O4/c1-12-20(13(2)27-23-12)16-7-14(9-22-10-16)11-26-17-5-3-15(18(21)8-17)4-6-19(24)25/h3,5,7-10H,4,6,11H2,1-2H3,(H,24,25). The van der Waals surface area contributed by atoms with Gasteiger partial charge in [0.05, 0.1) is 5.69 Å². The van der Waals surface area contributed by atoms with Gasteiger partial charge in [-0.3, -0.25) is 9.78 Å². The van der Waals surface area contributed by atoms with E-state index >= 15 is 0 Å². The van der Waals surface area contributed by atoms with Gasteiger partial charge < -0.3 is 14.4 Å². The molecule has 3 aromatic rings. The van der Waals surface area contributed by atoms with Crippen LogP contribution in [0.2, 0.25) is 0 Å². The summed E-state index contributed by atoms with van der Waals surface area (Å²) >= 11 is 0. The molecule has 1 aromatic carbocycles. The minimum Gasteiger partial charge on any atom is -0.489 e. The van der Waals surface area contributed by atoms with E-state index in [1.807, 2.05) is 19.9 Å². The molecule has 7 heteroatoms. The van der Waals surface area contributed by atoms with Crippen molar-refractivity contribution in [2.75, 3.05) is 0 Å². The highest BCUT2D eigenvalue weighted by atomic mass is 19.1. The summed E-state index contributed by atoms with van der Waals surface area (Å²) < 4.78 is 24.9. The van der Waals surface area contributed by atoms with E-state index in [1.54, 1.807) is 24.5 Å². The van der Waals surface area contributed by atoms with Crippen molar-refractivity contribution in [1.82, 2.24) is 10.1 Å². The molecule has 0 aliphatic rings. The maximum absolute atomic E-state index is 14.1. The Morgan fingerprint density at radius 1 is 1.26 bits per heavy atom. The number of hydrogen-bond acceptors (Lipinski definition) is 5. The average molecular weight is 370 g/mol. The number of aliphatic carboxylic acids is 1. The van der Waals surface area contributed by atoms with Gasteiger partial charge in [0.15, 0.2) is 0 Å². The lowest BCUT2D eigenvalue weighted by Crippen LogP contribution is -2.01. The lowest BCUT2D eigenvalue weighted by Gasteiger charge is -2.09. The summed E-state index contributed by atoms with van der Waals surface area (Å²) in [4.78, 5) is 14.8. The van der Waals surface area contributed by atoms with Crippen LogP contribution in [0.15, 0.2) is 41.2 Å². The number of aromatic nitrogens is 2. The van der Waals surface area contributed by atoms with E-state index in [0.717, 1.165) is 22.4 Å². The Kier molecular flexibility index (Phi) is 5.49. The third kappa shape index (κ3) is 4.49. The highest BCUT2D eigenvalue weighted by Crippen LogP contribution is 2.27. The number of carboxylic acids is 1. The summed E-state index contributed by atoms with van der Waals surface area (Å²) in [5.41, 5.74) is 3.74. The van der Waals surface area contributed by atoms with Crippen LogP contribution in [-0.2, 0) is 17.8 Å². The fourth-order valence-electron chi connectivity index (χ4n) is 2.83. The third-order valence-corrected chi connectivity index (χ3v) is 4.16. The van der Waals surface area contributed by atoms with Crippen LogP contribution in [-0.4, -0.2) is 21.2 Å². The first-order valence-electron chi connectivity index (χ1n) is 8.44. The second-order valence-corrected chi connectivity index (χ2v) is 6.22. The molecule has 0 aliphatic carbocycles. The third-order valence-electron chi connectivity index (χ3n) is 4.16. The summed E-state index contributed by atoms with van der Waals surface area (Å²) in [6.07, 6.45) is 3.44. The Bertz CT molecular complexity index is 949. The lowest BCUT2D eigenvalue weighted by atomic mass is 10.0. The molecule has 0 spiro atoms. The Labute approximate surface area is 155 Å². The van der Waals surface area contributed by atoms with Crippen LogP contribution in [0.5, 0.6) is 5.75 Å². The smallest absolute Gasteiger partial charge is 0.303 e. The van der Waals surface area contributed by atoms with E-state index in [0.29, 0.717) is 17.1 Å². The van der Waals surface area contributed by atoms with Crippen molar-refractivity contribution in [3.63, 3.8) is 0 Å². The largest absolute Gasteiger partial charge is 0.489 e. The highest BCUT2D eigenvalue weighted by Gasteiger charge is 2.12. The fourth-order valence-corrected chi connectivity index (χ4v) is 2.83. The quantitative estimate of drug-likeness (QED) is 0.674. The van der Waals surface area contributed by atoms with Crippen LogP contribution in [0, 0.1) is 19.7 Å². The second-order valence-electron chi connectivity index (χ2n) is 6.22. The van der Waals surface area contributed by atoms with Crippen molar-refractivity contribution in [3.05, 3.63) is 65.1 Å². The topological polar surface area (TPSA) is 85.5 Å². The fraction of sp³-hybridized carbons (Fsp3) is 0.250. The maximum Gasteiger partial charge on any atom is 0.303 e. The monoisotopic (exact) mass is 370 g/mol. The van der Waals surface area contributed by atoms with Crippen molar-refractivity contribution in [3.8, 4) is 16.9 Å². The molecule has 1 N–H and O–H groups in total. The second kappa shape index (κ2) is 7.99. The summed E-state index contributed by atoms with van der Waals surface area (Å²) in [6.45, 7) is 3.93. The normalized spacial score (nSPS) is 10.8. The Balaban J connectivity index is 1.69. The first kappa shape index (κ1) is 18.6. The predicted octanol–water partition coefficient (Wildman–Crippen LogP) is 4.09. The molecular formula is C20H19FN2O4. The molecule has 0 atom stereocenters. The lowest BCUT2D eigenvalue weighted by molar-refractivity contribution is -0.136. The van der Waals surface area contributed by atoms with Gasteiger partial charge >= 0.3 is 5.97 Å². The number of ether oxygens (including phenoxy) is 1. The number of benzene rings is 1. The van der Waals surface area contributed by atoms with E-state index in [1.165, 1.54) is 6.07 Å². The molecule has 0 saturated carbocycles. The van der Waals surface area contributed by atoms with Gasteiger partial charge in [-0.2, -0.15) is 0 Å². The molecular weight excluding hydrogens is 351 g/mol. The van der Waals surface area contributed by atoms with Crippen LogP contribution in [0.1, 0.15) is 29.0 Å². The van der Waals surface area contributed by atoms with Gasteiger partial charge in [0.1, 0.15) is 23.9 Å². The number of rotatable bonds is 7. The highest BCUT2D eigenvalue weighted by molar-refractivity contribution is 5.67. The molecule has 0 aliphatic heterocycles. The zero-order chi connectivity index (χ0) is 19.4. The Hall–Kier alpha value is -3.22. The molecule has 0 radical (unpaired) electrons. The molecule has 0 saturated heterocycles. The van der Waals surface area contributed by atoms with E-state index in [4.69, 9.17) is 14.4 Å². The average Bonchev–Trinajstić information content (AvgIpc) is 2.97. The molecule has 6 nitrogen and oxygen atoms in total. The molecule has 27 heavy (non-hydrogen) atoms. The van der Waals surface area contributed by atoms with Gasteiger partial charge in [-0.25, -0.2) is 4.39 Å². The first-order valence-corrected chi connectivity index (χ1v) is 8.44. The molecule has 0 amide bonds. The first-order chi connectivity index (χ1) is 12.9. The minimum absolute atomic E-state index is 0.114. The van der Waals surface area contributed by atoms with Gasteiger partial charge in [0, 0.05) is 41.6 Å². The Morgan fingerprint density at radius 3 is 2.74 bits per heavy atom. The molecule has 2 heterocycles. The van der Waals surface area contributed by atoms with E-state index < -0.39 is 11.8 Å². The van der Waals surface area contributed by atoms with Crippen molar-refractivity contribution < 1.29 is 23.6 Å².